The van der Waals surface area contributed by atoms with E-state index >= 15 is 0 Å². The van der Waals surface area contributed by atoms with Crippen molar-refractivity contribution in [1.82, 2.24) is 10.3 Å². The van der Waals surface area contributed by atoms with Gasteiger partial charge in [-0.15, -0.1) is 0 Å². The van der Waals surface area contributed by atoms with Crippen LogP contribution in [0.15, 0.2) is 48.8 Å². The minimum atomic E-state index is 0.108. The van der Waals surface area contributed by atoms with Gasteiger partial charge >= 0.3 is 0 Å². The summed E-state index contributed by atoms with van der Waals surface area (Å²) >= 11 is 0. The van der Waals surface area contributed by atoms with Crippen LogP contribution in [-0.2, 0) is 0 Å². The Balaban J connectivity index is 1.87. The van der Waals surface area contributed by atoms with Crippen LogP contribution in [0.1, 0.15) is 48.9 Å². The number of aryl methyl sites for hydroxylation is 1. The van der Waals surface area contributed by atoms with Gasteiger partial charge in [0.25, 0.3) is 0 Å². The Morgan fingerprint density at radius 1 is 1.00 bits per heavy atom. The lowest BCUT2D eigenvalue weighted by molar-refractivity contribution is 0.397. The maximum absolute atomic E-state index is 4.13. The van der Waals surface area contributed by atoms with E-state index in [-0.39, 0.29) is 5.54 Å². The number of pyridine rings is 1. The van der Waals surface area contributed by atoms with Crippen molar-refractivity contribution in [3.05, 3.63) is 65.5 Å². The zero-order valence-electron chi connectivity index (χ0n) is 12.4. The highest BCUT2D eigenvalue weighted by Crippen LogP contribution is 2.43. The van der Waals surface area contributed by atoms with Gasteiger partial charge in [0.15, 0.2) is 0 Å². The minimum Gasteiger partial charge on any atom is -0.304 e. The Kier molecular flexibility index (Phi) is 3.35. The molecule has 1 saturated heterocycles. The molecule has 2 nitrogen and oxygen atoms in total. The topological polar surface area (TPSA) is 24.9 Å². The summed E-state index contributed by atoms with van der Waals surface area (Å²) in [6.45, 7) is 6.73. The second-order valence-corrected chi connectivity index (χ2v) is 6.40. The first-order valence-corrected chi connectivity index (χ1v) is 7.30. The van der Waals surface area contributed by atoms with Gasteiger partial charge in [0.2, 0.25) is 0 Å². The fraction of sp³-hybridized carbons (Fsp3) is 0.389. The Hall–Kier alpha value is -1.67. The largest absolute Gasteiger partial charge is 0.304 e. The lowest BCUT2D eigenvalue weighted by Gasteiger charge is -2.27. The van der Waals surface area contributed by atoms with Gasteiger partial charge < -0.3 is 5.32 Å². The van der Waals surface area contributed by atoms with Crippen LogP contribution in [0.3, 0.4) is 0 Å². The molecule has 0 aliphatic carbocycles. The number of hydrogen-bond donors (Lipinski definition) is 1. The fourth-order valence-corrected chi connectivity index (χ4v) is 3.31. The van der Waals surface area contributed by atoms with E-state index in [0.29, 0.717) is 12.0 Å². The second kappa shape index (κ2) is 5.02. The number of benzene rings is 1. The number of aromatic nitrogens is 1. The average molecular weight is 266 g/mol. The van der Waals surface area contributed by atoms with Crippen molar-refractivity contribution >= 4 is 0 Å². The number of nitrogens with one attached hydrogen (secondary N) is 1. The molecule has 2 aromatic rings. The van der Waals surface area contributed by atoms with Crippen LogP contribution in [0.4, 0.5) is 0 Å². The van der Waals surface area contributed by atoms with Crippen molar-refractivity contribution in [3.63, 3.8) is 0 Å². The molecule has 1 aromatic carbocycles. The van der Waals surface area contributed by atoms with Crippen LogP contribution in [0.5, 0.6) is 0 Å². The van der Waals surface area contributed by atoms with E-state index in [1.165, 1.54) is 16.7 Å². The van der Waals surface area contributed by atoms with E-state index in [2.05, 4.69) is 67.5 Å². The summed E-state index contributed by atoms with van der Waals surface area (Å²) in [5.41, 5.74) is 4.20. The van der Waals surface area contributed by atoms with Crippen LogP contribution in [-0.4, -0.2) is 10.5 Å². The summed E-state index contributed by atoms with van der Waals surface area (Å²) in [4.78, 5) is 4.13. The summed E-state index contributed by atoms with van der Waals surface area (Å²) in [6, 6.07) is 13.6. The predicted octanol–water partition coefficient (Wildman–Crippen LogP) is 3.99. The van der Waals surface area contributed by atoms with E-state index in [1.54, 1.807) is 0 Å². The summed E-state index contributed by atoms with van der Waals surface area (Å²) in [5.74, 6) is 0.525. The Morgan fingerprint density at radius 2 is 1.65 bits per heavy atom. The van der Waals surface area contributed by atoms with Crippen molar-refractivity contribution in [1.29, 1.82) is 0 Å². The van der Waals surface area contributed by atoms with E-state index in [1.807, 2.05) is 12.4 Å². The molecule has 0 saturated carbocycles. The lowest BCUT2D eigenvalue weighted by Crippen LogP contribution is -2.37. The van der Waals surface area contributed by atoms with Gasteiger partial charge in [0.05, 0.1) is 0 Å². The van der Waals surface area contributed by atoms with E-state index in [0.717, 1.165) is 6.42 Å². The molecule has 0 radical (unpaired) electrons. The summed E-state index contributed by atoms with van der Waals surface area (Å²) in [7, 11) is 0. The molecule has 1 N–H and O–H groups in total. The predicted molar refractivity (Wildman–Crippen MR) is 82.7 cm³/mol. The van der Waals surface area contributed by atoms with Gasteiger partial charge in [-0.2, -0.15) is 0 Å². The van der Waals surface area contributed by atoms with Gasteiger partial charge in [-0.25, -0.2) is 0 Å². The Labute approximate surface area is 121 Å². The zero-order chi connectivity index (χ0) is 14.2. The third-order valence-corrected chi connectivity index (χ3v) is 4.48. The molecule has 2 heteroatoms. The smallest absolute Gasteiger partial charge is 0.0331 e. The van der Waals surface area contributed by atoms with Gasteiger partial charge in [-0.1, -0.05) is 29.8 Å². The molecule has 0 spiro atoms. The van der Waals surface area contributed by atoms with Crippen LogP contribution in [0, 0.1) is 6.92 Å². The maximum atomic E-state index is 4.13. The third-order valence-electron chi connectivity index (χ3n) is 4.48. The summed E-state index contributed by atoms with van der Waals surface area (Å²) in [6.07, 6.45) is 4.93. The molecule has 0 bridgehead atoms. The maximum Gasteiger partial charge on any atom is 0.0331 e. The molecular weight excluding hydrogens is 244 g/mol. The van der Waals surface area contributed by atoms with Crippen LogP contribution < -0.4 is 5.32 Å². The van der Waals surface area contributed by atoms with Crippen LogP contribution in [0.2, 0.25) is 0 Å². The first kappa shape index (κ1) is 13.3. The number of rotatable bonds is 2. The van der Waals surface area contributed by atoms with Crippen molar-refractivity contribution in [3.8, 4) is 0 Å². The SMILES string of the molecule is Cc1ccc([C@@H]2C[C@H](c3ccncc3)C(C)(C)N2)cc1. The highest BCUT2D eigenvalue weighted by molar-refractivity contribution is 5.30. The summed E-state index contributed by atoms with van der Waals surface area (Å²) in [5, 5.41) is 3.79. The molecule has 2 atom stereocenters. The van der Waals surface area contributed by atoms with Crippen molar-refractivity contribution in [2.24, 2.45) is 0 Å². The van der Waals surface area contributed by atoms with Gasteiger partial charge in [-0.3, -0.25) is 4.98 Å². The van der Waals surface area contributed by atoms with Crippen molar-refractivity contribution < 1.29 is 0 Å². The first-order chi connectivity index (χ1) is 9.56. The van der Waals surface area contributed by atoms with E-state index < -0.39 is 0 Å². The Bertz CT molecular complexity index is 572. The number of hydrogen-bond acceptors (Lipinski definition) is 2. The standard InChI is InChI=1S/C18H22N2/c1-13-4-6-15(7-5-13)17-12-16(18(2,3)20-17)14-8-10-19-11-9-14/h4-11,16-17,20H,12H2,1-3H3/t16-,17+/m1/s1. The fourth-order valence-electron chi connectivity index (χ4n) is 3.31. The molecule has 1 fully saturated rings. The highest BCUT2D eigenvalue weighted by Gasteiger charge is 2.40. The van der Waals surface area contributed by atoms with Crippen molar-refractivity contribution in [2.45, 2.75) is 44.7 Å². The van der Waals surface area contributed by atoms with Gasteiger partial charge in [0, 0.05) is 29.9 Å². The van der Waals surface area contributed by atoms with Crippen LogP contribution in [0.25, 0.3) is 0 Å². The molecule has 104 valence electrons. The number of nitrogens with zero attached hydrogens (tertiary/aromatic N) is 1. The Morgan fingerprint density at radius 3 is 2.30 bits per heavy atom. The van der Waals surface area contributed by atoms with Crippen LogP contribution >= 0.6 is 0 Å². The molecule has 0 unspecified atom stereocenters. The molecule has 1 aromatic heterocycles. The van der Waals surface area contributed by atoms with Crippen molar-refractivity contribution in [2.75, 3.05) is 0 Å². The van der Waals surface area contributed by atoms with E-state index in [9.17, 15) is 0 Å². The zero-order valence-corrected chi connectivity index (χ0v) is 12.4. The molecule has 2 heterocycles. The lowest BCUT2D eigenvalue weighted by atomic mass is 9.83. The second-order valence-electron chi connectivity index (χ2n) is 6.40. The average Bonchev–Trinajstić information content (AvgIpc) is 2.76. The van der Waals surface area contributed by atoms with Gasteiger partial charge in [-0.05, 0) is 50.5 Å². The quantitative estimate of drug-likeness (QED) is 0.889. The molecule has 3 rings (SSSR count). The molecular formula is C18H22N2. The third kappa shape index (κ3) is 2.48. The monoisotopic (exact) mass is 266 g/mol. The highest BCUT2D eigenvalue weighted by atomic mass is 15.0. The minimum absolute atomic E-state index is 0.108. The van der Waals surface area contributed by atoms with E-state index in [4.69, 9.17) is 0 Å². The molecule has 0 amide bonds. The molecule has 1 aliphatic heterocycles. The van der Waals surface area contributed by atoms with Gasteiger partial charge in [0.1, 0.15) is 0 Å². The molecule has 1 aliphatic rings. The molecule has 20 heavy (non-hydrogen) atoms. The summed E-state index contributed by atoms with van der Waals surface area (Å²) < 4.78 is 0. The first-order valence-electron chi connectivity index (χ1n) is 7.30. The normalized spacial score (nSPS) is 24.8.